The molecule has 2 heteroatoms. The maximum Gasteiger partial charge on any atom is 0.0312 e. The number of nitrogens with one attached hydrogen (secondary N) is 1. The zero-order chi connectivity index (χ0) is 9.90. The highest BCUT2D eigenvalue weighted by Gasteiger charge is 2.16. The summed E-state index contributed by atoms with van der Waals surface area (Å²) in [5.41, 5.74) is 8.17. The zero-order valence-corrected chi connectivity index (χ0v) is 8.85. The largest absolute Gasteiger partial charge is 0.402 e. The first-order valence-electron chi connectivity index (χ1n) is 4.97. The van der Waals surface area contributed by atoms with E-state index in [-0.39, 0.29) is 5.54 Å². The van der Waals surface area contributed by atoms with Crippen LogP contribution in [0.15, 0.2) is 23.5 Å². The highest BCUT2D eigenvalue weighted by atomic mass is 15.0. The van der Waals surface area contributed by atoms with Gasteiger partial charge in [-0.1, -0.05) is 6.92 Å². The van der Waals surface area contributed by atoms with Crippen LogP contribution in [-0.4, -0.2) is 5.54 Å². The summed E-state index contributed by atoms with van der Waals surface area (Å²) in [6.07, 6.45) is 7.25. The highest BCUT2D eigenvalue weighted by molar-refractivity contribution is 5.22. The van der Waals surface area contributed by atoms with Gasteiger partial charge in [-0.3, -0.25) is 0 Å². The van der Waals surface area contributed by atoms with E-state index in [9.17, 15) is 0 Å². The fourth-order valence-corrected chi connectivity index (χ4v) is 1.28. The van der Waals surface area contributed by atoms with Crippen LogP contribution in [0, 0.1) is 0 Å². The molecule has 0 aromatic rings. The first-order valence-corrected chi connectivity index (χ1v) is 4.97. The summed E-state index contributed by atoms with van der Waals surface area (Å²) in [5, 5.41) is 3.53. The number of rotatable bonds is 3. The summed E-state index contributed by atoms with van der Waals surface area (Å²) in [6, 6.07) is 0. The van der Waals surface area contributed by atoms with Crippen LogP contribution in [0.4, 0.5) is 0 Å². The summed E-state index contributed by atoms with van der Waals surface area (Å²) in [6.45, 7) is 6.63. The molecule has 0 spiro atoms. The van der Waals surface area contributed by atoms with E-state index < -0.39 is 0 Å². The first-order chi connectivity index (χ1) is 6.03. The molecule has 1 rings (SSSR count). The van der Waals surface area contributed by atoms with E-state index in [0.717, 1.165) is 25.0 Å². The summed E-state index contributed by atoms with van der Waals surface area (Å²) in [4.78, 5) is 0. The second kappa shape index (κ2) is 3.86. The fraction of sp³-hybridized carbons (Fsp3) is 0.636. The molecule has 3 N–H and O–H groups in total. The Morgan fingerprint density at radius 3 is 2.54 bits per heavy atom. The van der Waals surface area contributed by atoms with Gasteiger partial charge in [0, 0.05) is 16.9 Å². The number of hydrogen-bond donors (Lipinski definition) is 2. The molecule has 0 heterocycles. The summed E-state index contributed by atoms with van der Waals surface area (Å²) in [7, 11) is 0. The van der Waals surface area contributed by atoms with E-state index in [1.807, 2.05) is 6.08 Å². The maximum absolute atomic E-state index is 5.68. The molecule has 13 heavy (non-hydrogen) atoms. The monoisotopic (exact) mass is 180 g/mol. The van der Waals surface area contributed by atoms with E-state index in [0.29, 0.717) is 0 Å². The van der Waals surface area contributed by atoms with E-state index in [1.165, 1.54) is 5.70 Å². The summed E-state index contributed by atoms with van der Waals surface area (Å²) >= 11 is 0. The van der Waals surface area contributed by atoms with E-state index >= 15 is 0 Å². The lowest BCUT2D eigenvalue weighted by atomic mass is 9.99. The predicted molar refractivity (Wildman–Crippen MR) is 57.1 cm³/mol. The van der Waals surface area contributed by atoms with Gasteiger partial charge in [-0.05, 0) is 45.3 Å². The number of nitrogens with two attached hydrogens (primary N) is 1. The minimum Gasteiger partial charge on any atom is -0.402 e. The molecule has 0 aromatic carbocycles. The van der Waals surface area contributed by atoms with Gasteiger partial charge in [-0.15, -0.1) is 0 Å². The Balaban J connectivity index is 2.56. The quantitative estimate of drug-likeness (QED) is 0.699. The van der Waals surface area contributed by atoms with Crippen molar-refractivity contribution in [2.75, 3.05) is 0 Å². The summed E-state index contributed by atoms with van der Waals surface area (Å²) < 4.78 is 0. The molecular formula is C11H20N2. The molecule has 0 unspecified atom stereocenters. The minimum atomic E-state index is 0.200. The molecule has 0 saturated carbocycles. The predicted octanol–water partition coefficient (Wildman–Crippen LogP) is 2.28. The molecule has 1 aliphatic carbocycles. The average molecular weight is 180 g/mol. The van der Waals surface area contributed by atoms with Crippen molar-refractivity contribution < 1.29 is 0 Å². The van der Waals surface area contributed by atoms with Crippen LogP contribution >= 0.6 is 0 Å². The Bertz CT molecular complexity index is 236. The van der Waals surface area contributed by atoms with E-state index in [2.05, 4.69) is 32.2 Å². The van der Waals surface area contributed by atoms with Crippen LogP contribution < -0.4 is 11.1 Å². The van der Waals surface area contributed by atoms with Crippen LogP contribution in [-0.2, 0) is 0 Å². The lowest BCUT2D eigenvalue weighted by Gasteiger charge is -2.28. The van der Waals surface area contributed by atoms with Crippen molar-refractivity contribution in [1.82, 2.24) is 5.32 Å². The van der Waals surface area contributed by atoms with Gasteiger partial charge < -0.3 is 11.1 Å². The van der Waals surface area contributed by atoms with Crippen molar-refractivity contribution in [2.24, 2.45) is 5.73 Å². The average Bonchev–Trinajstić information content (AvgIpc) is 2.09. The first kappa shape index (κ1) is 10.2. The summed E-state index contributed by atoms with van der Waals surface area (Å²) in [5.74, 6) is 0. The Labute approximate surface area is 80.9 Å². The van der Waals surface area contributed by atoms with Crippen molar-refractivity contribution >= 4 is 0 Å². The molecule has 1 aliphatic rings. The lowest BCUT2D eigenvalue weighted by Crippen LogP contribution is -2.38. The molecule has 0 radical (unpaired) electrons. The third-order valence-corrected chi connectivity index (χ3v) is 2.56. The van der Waals surface area contributed by atoms with Crippen LogP contribution in [0.25, 0.3) is 0 Å². The molecule has 0 bridgehead atoms. The van der Waals surface area contributed by atoms with Crippen molar-refractivity contribution in [2.45, 2.75) is 45.6 Å². The van der Waals surface area contributed by atoms with Crippen LogP contribution in [0.5, 0.6) is 0 Å². The second-order valence-corrected chi connectivity index (χ2v) is 4.30. The number of hydrogen-bond acceptors (Lipinski definition) is 2. The van der Waals surface area contributed by atoms with Crippen molar-refractivity contribution in [3.8, 4) is 0 Å². The van der Waals surface area contributed by atoms with Gasteiger partial charge >= 0.3 is 0 Å². The Kier molecular flexibility index (Phi) is 3.02. The van der Waals surface area contributed by atoms with Gasteiger partial charge in [-0.2, -0.15) is 0 Å². The minimum absolute atomic E-state index is 0.200. The SMILES string of the molecule is CCC(C)(C)NC1=CC=C(N)CC1. The van der Waals surface area contributed by atoms with Crippen LogP contribution in [0.2, 0.25) is 0 Å². The van der Waals surface area contributed by atoms with Gasteiger partial charge in [0.05, 0.1) is 0 Å². The van der Waals surface area contributed by atoms with Crippen molar-refractivity contribution in [3.63, 3.8) is 0 Å². The van der Waals surface area contributed by atoms with Crippen molar-refractivity contribution in [1.29, 1.82) is 0 Å². The van der Waals surface area contributed by atoms with Crippen LogP contribution in [0.1, 0.15) is 40.0 Å². The Morgan fingerprint density at radius 1 is 1.38 bits per heavy atom. The third kappa shape index (κ3) is 3.13. The van der Waals surface area contributed by atoms with Gasteiger partial charge in [0.2, 0.25) is 0 Å². The zero-order valence-electron chi connectivity index (χ0n) is 8.85. The smallest absolute Gasteiger partial charge is 0.0312 e. The second-order valence-electron chi connectivity index (χ2n) is 4.30. The maximum atomic E-state index is 5.68. The standard InChI is InChI=1S/C11H20N2/c1-4-11(2,3)13-10-7-5-9(12)6-8-10/h5,7,13H,4,6,8,12H2,1-3H3. The van der Waals surface area contributed by atoms with Crippen molar-refractivity contribution in [3.05, 3.63) is 23.5 Å². The van der Waals surface area contributed by atoms with Gasteiger partial charge in [-0.25, -0.2) is 0 Å². The Hall–Kier alpha value is -0.920. The molecule has 0 saturated heterocycles. The molecule has 74 valence electrons. The molecule has 0 fully saturated rings. The van der Waals surface area contributed by atoms with Crippen LogP contribution in [0.3, 0.4) is 0 Å². The van der Waals surface area contributed by atoms with E-state index in [4.69, 9.17) is 5.73 Å². The number of allylic oxidation sites excluding steroid dienone is 4. The van der Waals surface area contributed by atoms with Gasteiger partial charge in [0.15, 0.2) is 0 Å². The molecule has 2 nitrogen and oxygen atoms in total. The third-order valence-electron chi connectivity index (χ3n) is 2.56. The molecule has 0 atom stereocenters. The topological polar surface area (TPSA) is 38.0 Å². The van der Waals surface area contributed by atoms with Gasteiger partial charge in [0.1, 0.15) is 0 Å². The highest BCUT2D eigenvalue weighted by Crippen LogP contribution is 2.17. The molecule has 0 aromatic heterocycles. The fourth-order valence-electron chi connectivity index (χ4n) is 1.28. The van der Waals surface area contributed by atoms with E-state index in [1.54, 1.807) is 0 Å². The molecular weight excluding hydrogens is 160 g/mol. The molecule has 0 amide bonds. The normalized spacial score (nSPS) is 17.8. The molecule has 0 aliphatic heterocycles. The lowest BCUT2D eigenvalue weighted by molar-refractivity contribution is 0.406. The van der Waals surface area contributed by atoms with Gasteiger partial charge in [0.25, 0.3) is 0 Å². The Morgan fingerprint density at radius 2 is 2.08 bits per heavy atom.